The summed E-state index contributed by atoms with van der Waals surface area (Å²) in [4.78, 5) is 27.7. The van der Waals surface area contributed by atoms with Crippen LogP contribution in [0, 0.1) is 19.8 Å². The third-order valence-corrected chi connectivity index (χ3v) is 8.67. The number of sulfonamides is 1. The van der Waals surface area contributed by atoms with Gasteiger partial charge in [-0.2, -0.15) is 0 Å². The Morgan fingerprint density at radius 1 is 0.914 bits per heavy atom. The number of aryl methyl sites for hydroxylation is 1. The maximum absolute atomic E-state index is 13.1. The smallest absolute Gasteiger partial charge is 0.261 e. The molecule has 0 radical (unpaired) electrons. The van der Waals surface area contributed by atoms with Crippen molar-refractivity contribution in [3.8, 4) is 0 Å². The number of nitrogens with one attached hydrogen (secondary N) is 2. The fraction of sp³-hybridized carbons (Fsp3) is 0.481. The number of rotatable bonds is 6. The minimum Gasteiger partial charge on any atom is -0.353 e. The Kier molecular flexibility index (Phi) is 7.79. The van der Waals surface area contributed by atoms with Gasteiger partial charge in [0.25, 0.3) is 15.9 Å². The van der Waals surface area contributed by atoms with Crippen molar-refractivity contribution >= 4 is 27.5 Å². The number of hydrogen-bond donors (Lipinski definition) is 2. The molecule has 0 aromatic heterocycles. The molecule has 7 nitrogen and oxygen atoms in total. The Morgan fingerprint density at radius 3 is 2.34 bits per heavy atom. The van der Waals surface area contributed by atoms with Gasteiger partial charge in [-0.1, -0.05) is 31.4 Å². The molecule has 2 fully saturated rings. The van der Waals surface area contributed by atoms with Crippen LogP contribution in [0.3, 0.4) is 0 Å². The average Bonchev–Trinajstić information content (AvgIpc) is 2.87. The molecule has 35 heavy (non-hydrogen) atoms. The molecular formula is C27H35N3O4S. The van der Waals surface area contributed by atoms with Crippen LogP contribution in [0.4, 0.5) is 5.69 Å². The van der Waals surface area contributed by atoms with Gasteiger partial charge in [0.05, 0.1) is 16.5 Å². The first-order valence-electron chi connectivity index (χ1n) is 12.5. The molecule has 8 heteroatoms. The molecule has 188 valence electrons. The van der Waals surface area contributed by atoms with E-state index in [2.05, 4.69) is 10.0 Å². The van der Waals surface area contributed by atoms with E-state index in [1.54, 1.807) is 23.1 Å². The SMILES string of the molecule is Cc1cccc(NS(=O)(=O)c2ccc(C(=O)N3CCCC(C(=O)NC4CCCCC4)C3)cc2)c1C. The summed E-state index contributed by atoms with van der Waals surface area (Å²) in [5.41, 5.74) is 2.83. The molecule has 1 aliphatic carbocycles. The molecule has 2 aliphatic rings. The number of hydrogen-bond acceptors (Lipinski definition) is 4. The number of piperidine rings is 1. The van der Waals surface area contributed by atoms with E-state index in [0.29, 0.717) is 24.3 Å². The molecule has 2 aromatic carbocycles. The second-order valence-electron chi connectivity index (χ2n) is 9.81. The molecular weight excluding hydrogens is 462 g/mol. The van der Waals surface area contributed by atoms with E-state index in [1.807, 2.05) is 26.0 Å². The molecule has 1 saturated heterocycles. The topological polar surface area (TPSA) is 95.6 Å². The van der Waals surface area contributed by atoms with Crippen molar-refractivity contribution in [1.82, 2.24) is 10.2 Å². The molecule has 2 amide bonds. The summed E-state index contributed by atoms with van der Waals surface area (Å²) in [6.07, 6.45) is 7.19. The van der Waals surface area contributed by atoms with Gasteiger partial charge in [-0.25, -0.2) is 8.42 Å². The van der Waals surface area contributed by atoms with Crippen LogP contribution in [0.2, 0.25) is 0 Å². The number of benzene rings is 2. The zero-order chi connectivity index (χ0) is 25.0. The summed E-state index contributed by atoms with van der Waals surface area (Å²) in [6, 6.07) is 11.7. The minimum absolute atomic E-state index is 0.0494. The summed E-state index contributed by atoms with van der Waals surface area (Å²) in [7, 11) is -3.78. The maximum atomic E-state index is 13.1. The Balaban J connectivity index is 1.39. The Bertz CT molecular complexity index is 1170. The van der Waals surface area contributed by atoms with Crippen molar-refractivity contribution in [1.29, 1.82) is 0 Å². The van der Waals surface area contributed by atoms with Crippen molar-refractivity contribution in [2.75, 3.05) is 17.8 Å². The minimum atomic E-state index is -3.78. The fourth-order valence-electron chi connectivity index (χ4n) is 4.97. The molecule has 1 unspecified atom stereocenters. The lowest BCUT2D eigenvalue weighted by molar-refractivity contribution is -0.127. The number of nitrogens with zero attached hydrogens (tertiary/aromatic N) is 1. The van der Waals surface area contributed by atoms with Gasteiger partial charge in [0.2, 0.25) is 5.91 Å². The average molecular weight is 498 g/mol. The quantitative estimate of drug-likeness (QED) is 0.618. The van der Waals surface area contributed by atoms with Gasteiger partial charge in [0.1, 0.15) is 0 Å². The predicted octanol–water partition coefficient (Wildman–Crippen LogP) is 4.41. The van der Waals surface area contributed by atoms with Gasteiger partial charge in [0.15, 0.2) is 0 Å². The molecule has 2 N–H and O–H groups in total. The number of amides is 2. The van der Waals surface area contributed by atoms with Gasteiger partial charge in [-0.3, -0.25) is 14.3 Å². The molecule has 1 atom stereocenters. The summed E-state index contributed by atoms with van der Waals surface area (Å²) >= 11 is 0. The number of anilines is 1. The van der Waals surface area contributed by atoms with E-state index in [-0.39, 0.29) is 28.7 Å². The van der Waals surface area contributed by atoms with Crippen molar-refractivity contribution in [3.05, 3.63) is 59.2 Å². The number of carbonyl (C=O) groups excluding carboxylic acids is 2. The Labute approximate surface area is 208 Å². The standard InChI is InChI=1S/C27H35N3O4S/c1-19-8-6-12-25(20(19)2)29-35(33,34)24-15-13-21(14-16-24)27(32)30-17-7-9-22(18-30)26(31)28-23-10-4-3-5-11-23/h6,8,12-16,22-23,29H,3-5,7,9-11,17-18H2,1-2H3,(H,28,31). The van der Waals surface area contributed by atoms with Crippen LogP contribution in [-0.4, -0.2) is 44.3 Å². The molecule has 0 bridgehead atoms. The van der Waals surface area contributed by atoms with Crippen molar-refractivity contribution in [3.63, 3.8) is 0 Å². The van der Waals surface area contributed by atoms with E-state index < -0.39 is 10.0 Å². The van der Waals surface area contributed by atoms with E-state index in [1.165, 1.54) is 18.6 Å². The van der Waals surface area contributed by atoms with Crippen LogP contribution in [-0.2, 0) is 14.8 Å². The summed E-state index contributed by atoms with van der Waals surface area (Å²) in [5.74, 6) is -0.323. The van der Waals surface area contributed by atoms with Crippen molar-refractivity contribution < 1.29 is 18.0 Å². The first-order valence-corrected chi connectivity index (χ1v) is 14.0. The molecule has 2 aromatic rings. The van der Waals surface area contributed by atoms with Crippen LogP contribution in [0.5, 0.6) is 0 Å². The van der Waals surface area contributed by atoms with Crippen LogP contribution in [0.1, 0.15) is 66.4 Å². The second-order valence-corrected chi connectivity index (χ2v) is 11.5. The van der Waals surface area contributed by atoms with E-state index in [9.17, 15) is 18.0 Å². The van der Waals surface area contributed by atoms with Crippen molar-refractivity contribution in [2.24, 2.45) is 5.92 Å². The summed E-state index contributed by atoms with van der Waals surface area (Å²) < 4.78 is 28.4. The van der Waals surface area contributed by atoms with Gasteiger partial charge < -0.3 is 10.2 Å². The van der Waals surface area contributed by atoms with Gasteiger partial charge in [-0.05, 0) is 81.0 Å². The lowest BCUT2D eigenvalue weighted by Gasteiger charge is -2.33. The highest BCUT2D eigenvalue weighted by molar-refractivity contribution is 7.92. The second kappa shape index (κ2) is 10.8. The summed E-state index contributed by atoms with van der Waals surface area (Å²) in [5, 5.41) is 3.19. The molecule has 0 spiro atoms. The number of likely N-dealkylation sites (tertiary alicyclic amines) is 1. The van der Waals surface area contributed by atoms with Crippen LogP contribution in [0.25, 0.3) is 0 Å². The van der Waals surface area contributed by atoms with E-state index in [4.69, 9.17) is 0 Å². The lowest BCUT2D eigenvalue weighted by atomic mass is 9.93. The first-order chi connectivity index (χ1) is 16.7. The highest BCUT2D eigenvalue weighted by atomic mass is 32.2. The highest BCUT2D eigenvalue weighted by Crippen LogP contribution is 2.24. The number of carbonyl (C=O) groups is 2. The van der Waals surface area contributed by atoms with Crippen LogP contribution >= 0.6 is 0 Å². The maximum Gasteiger partial charge on any atom is 0.261 e. The van der Waals surface area contributed by atoms with E-state index >= 15 is 0 Å². The third kappa shape index (κ3) is 6.04. The summed E-state index contributed by atoms with van der Waals surface area (Å²) in [6.45, 7) is 4.79. The van der Waals surface area contributed by atoms with Crippen LogP contribution < -0.4 is 10.0 Å². The Hall–Kier alpha value is -2.87. The third-order valence-electron chi connectivity index (χ3n) is 7.29. The zero-order valence-electron chi connectivity index (χ0n) is 20.5. The monoisotopic (exact) mass is 497 g/mol. The molecule has 1 heterocycles. The zero-order valence-corrected chi connectivity index (χ0v) is 21.4. The fourth-order valence-corrected chi connectivity index (χ4v) is 6.09. The predicted molar refractivity (Wildman–Crippen MR) is 137 cm³/mol. The van der Waals surface area contributed by atoms with Crippen molar-refractivity contribution in [2.45, 2.75) is 69.7 Å². The largest absolute Gasteiger partial charge is 0.353 e. The van der Waals surface area contributed by atoms with Gasteiger partial charge in [-0.15, -0.1) is 0 Å². The lowest BCUT2D eigenvalue weighted by Crippen LogP contribution is -2.47. The normalized spacial score (nSPS) is 19.3. The van der Waals surface area contributed by atoms with Gasteiger partial charge >= 0.3 is 0 Å². The molecule has 1 aliphatic heterocycles. The van der Waals surface area contributed by atoms with Crippen LogP contribution in [0.15, 0.2) is 47.4 Å². The van der Waals surface area contributed by atoms with Gasteiger partial charge in [0, 0.05) is 24.7 Å². The molecule has 4 rings (SSSR count). The Morgan fingerprint density at radius 2 is 1.63 bits per heavy atom. The molecule has 1 saturated carbocycles. The first kappa shape index (κ1) is 25.2. The van der Waals surface area contributed by atoms with E-state index in [0.717, 1.165) is 49.7 Å². The highest BCUT2D eigenvalue weighted by Gasteiger charge is 2.30.